The van der Waals surface area contributed by atoms with Crippen LogP contribution >= 0.6 is 0 Å². The lowest BCUT2D eigenvalue weighted by atomic mass is 9.85. The molecule has 68 heavy (non-hydrogen) atoms. The van der Waals surface area contributed by atoms with E-state index < -0.39 is 0 Å². The Morgan fingerprint density at radius 2 is 0.471 bits per heavy atom. The minimum absolute atomic E-state index is 0.00495. The standard InChI is InChI=1S/C66H66N2/c1-63(2,3)43-21-17-25-47(37-43)67(48-26-18-22-44(38-48)64(4,5)6)51-33-35-57-59(41-51)53-29-13-15-31-55(53)62-58-36-34-52(42-60(58)54-30-14-16-32-56(54)61(57)62)68(49-27-19-23-45(39-49)65(7,8)9)50-28-20-24-46(40-50)66(10,11)12/h13-42H,1-12H3. The quantitative estimate of drug-likeness (QED) is 0.154. The van der Waals surface area contributed by atoms with Gasteiger partial charge in [-0.3, -0.25) is 0 Å². The van der Waals surface area contributed by atoms with Gasteiger partial charge in [-0.1, -0.05) is 192 Å². The molecule has 0 fully saturated rings. The average Bonchev–Trinajstić information content (AvgIpc) is 3.31. The fraction of sp³-hybridized carbons (Fsp3) is 0.242. The molecule has 0 N–H and O–H groups in total. The molecule has 0 heterocycles. The smallest absolute Gasteiger partial charge is 0.0468 e. The van der Waals surface area contributed by atoms with E-state index in [1.807, 2.05) is 0 Å². The van der Waals surface area contributed by atoms with Gasteiger partial charge in [0.15, 0.2) is 0 Å². The van der Waals surface area contributed by atoms with E-state index in [9.17, 15) is 0 Å². The van der Waals surface area contributed by atoms with Crippen molar-refractivity contribution in [2.24, 2.45) is 0 Å². The van der Waals surface area contributed by atoms with E-state index >= 15 is 0 Å². The Bertz CT molecular complexity index is 3210. The summed E-state index contributed by atoms with van der Waals surface area (Å²) >= 11 is 0. The van der Waals surface area contributed by atoms with Crippen molar-refractivity contribution in [3.8, 4) is 0 Å². The summed E-state index contributed by atoms with van der Waals surface area (Å²) in [4.78, 5) is 4.92. The lowest BCUT2D eigenvalue weighted by Gasteiger charge is -2.30. The number of benzene rings is 10. The van der Waals surface area contributed by atoms with Crippen LogP contribution in [-0.2, 0) is 21.7 Å². The first-order valence-electron chi connectivity index (χ1n) is 24.5. The number of hydrogen-bond donors (Lipinski definition) is 0. The van der Waals surface area contributed by atoms with E-state index in [1.165, 1.54) is 76.1 Å². The zero-order chi connectivity index (χ0) is 47.9. The SMILES string of the molecule is CC(C)(C)c1cccc(N(c2cccc(C(C)(C)C)c2)c2ccc3c(c2)c2ccccc2c2c4ccc(N(c5cccc(C(C)(C)C)c5)c5cccc(C(C)(C)C)c5)cc4c4ccccc4c32)c1. The summed E-state index contributed by atoms with van der Waals surface area (Å²) in [6, 6.07) is 69.0. The number of hydrogen-bond acceptors (Lipinski definition) is 2. The third-order valence-electron chi connectivity index (χ3n) is 14.2. The molecule has 0 aliphatic heterocycles. The Labute approximate surface area is 404 Å². The van der Waals surface area contributed by atoms with Crippen LogP contribution in [0.3, 0.4) is 0 Å². The lowest BCUT2D eigenvalue weighted by Crippen LogP contribution is -2.16. The Morgan fingerprint density at radius 3 is 0.750 bits per heavy atom. The third kappa shape index (κ3) is 8.08. The molecule has 0 saturated heterocycles. The highest BCUT2D eigenvalue weighted by Gasteiger charge is 2.25. The normalized spacial score (nSPS) is 12.7. The maximum Gasteiger partial charge on any atom is 0.0468 e. The first-order chi connectivity index (χ1) is 32.3. The summed E-state index contributed by atoms with van der Waals surface area (Å²) in [6.07, 6.45) is 0. The van der Waals surface area contributed by atoms with Gasteiger partial charge in [-0.05, 0) is 171 Å². The van der Waals surface area contributed by atoms with Gasteiger partial charge in [-0.25, -0.2) is 0 Å². The molecule has 0 bridgehead atoms. The highest BCUT2D eigenvalue weighted by atomic mass is 15.1. The summed E-state index contributed by atoms with van der Waals surface area (Å²) in [7, 11) is 0. The number of fused-ring (bicyclic) bond motifs is 11. The van der Waals surface area contributed by atoms with Crippen LogP contribution in [0.2, 0.25) is 0 Å². The van der Waals surface area contributed by atoms with Gasteiger partial charge in [0.1, 0.15) is 0 Å². The van der Waals surface area contributed by atoms with Crippen molar-refractivity contribution >= 4 is 88.0 Å². The van der Waals surface area contributed by atoms with Crippen LogP contribution in [0.15, 0.2) is 182 Å². The van der Waals surface area contributed by atoms with Crippen molar-refractivity contribution in [2.75, 3.05) is 9.80 Å². The first-order valence-corrected chi connectivity index (χ1v) is 24.5. The largest absolute Gasteiger partial charge is 0.310 e. The molecule has 0 atom stereocenters. The van der Waals surface area contributed by atoms with E-state index in [1.54, 1.807) is 0 Å². The van der Waals surface area contributed by atoms with Gasteiger partial charge in [0.25, 0.3) is 0 Å². The predicted molar refractivity (Wildman–Crippen MR) is 298 cm³/mol. The predicted octanol–water partition coefficient (Wildman–Crippen LogP) is 19.6. The monoisotopic (exact) mass is 887 g/mol. The van der Waals surface area contributed by atoms with E-state index in [-0.39, 0.29) is 21.7 Å². The number of nitrogens with zero attached hydrogens (tertiary/aromatic N) is 2. The molecule has 0 amide bonds. The summed E-state index contributed by atoms with van der Waals surface area (Å²) in [5.74, 6) is 0. The van der Waals surface area contributed by atoms with Gasteiger partial charge >= 0.3 is 0 Å². The fourth-order valence-electron chi connectivity index (χ4n) is 10.3. The molecule has 0 aliphatic rings. The van der Waals surface area contributed by atoms with E-state index in [0.29, 0.717) is 0 Å². The second kappa shape index (κ2) is 16.4. The lowest BCUT2D eigenvalue weighted by molar-refractivity contribution is 0.589. The van der Waals surface area contributed by atoms with Gasteiger partial charge in [0.05, 0.1) is 0 Å². The zero-order valence-electron chi connectivity index (χ0n) is 42.2. The summed E-state index contributed by atoms with van der Waals surface area (Å²) < 4.78 is 0. The van der Waals surface area contributed by atoms with Crippen LogP contribution in [0.25, 0.3) is 53.9 Å². The van der Waals surface area contributed by atoms with Crippen molar-refractivity contribution in [2.45, 2.75) is 105 Å². The number of rotatable bonds is 6. The van der Waals surface area contributed by atoms with Gasteiger partial charge in [0, 0.05) is 34.1 Å². The molecule has 0 unspecified atom stereocenters. The van der Waals surface area contributed by atoms with Gasteiger partial charge < -0.3 is 9.80 Å². The Hall–Kier alpha value is -6.90. The van der Waals surface area contributed by atoms with Gasteiger partial charge in [0.2, 0.25) is 0 Å². The van der Waals surface area contributed by atoms with Crippen molar-refractivity contribution in [3.05, 3.63) is 204 Å². The Kier molecular flexibility index (Phi) is 10.8. The van der Waals surface area contributed by atoms with Crippen LogP contribution < -0.4 is 9.80 Å². The first kappa shape index (κ1) is 44.9. The van der Waals surface area contributed by atoms with Gasteiger partial charge in [-0.15, -0.1) is 0 Å². The topological polar surface area (TPSA) is 6.48 Å². The zero-order valence-corrected chi connectivity index (χ0v) is 42.2. The van der Waals surface area contributed by atoms with E-state index in [4.69, 9.17) is 0 Å². The van der Waals surface area contributed by atoms with Crippen LogP contribution in [0, 0.1) is 0 Å². The molecular weight excluding hydrogens is 821 g/mol. The molecule has 10 aromatic rings. The molecule has 340 valence electrons. The summed E-state index contributed by atoms with van der Waals surface area (Å²) in [5.41, 5.74) is 12.2. The fourth-order valence-corrected chi connectivity index (χ4v) is 10.3. The minimum Gasteiger partial charge on any atom is -0.310 e. The minimum atomic E-state index is 0.00495. The molecular formula is C66H66N2. The molecule has 2 heteroatoms. The Balaban J connectivity index is 1.24. The van der Waals surface area contributed by atoms with Gasteiger partial charge in [-0.2, -0.15) is 0 Å². The summed E-state index contributed by atoms with van der Waals surface area (Å²) in [5, 5.41) is 12.6. The van der Waals surface area contributed by atoms with E-state index in [0.717, 1.165) is 34.1 Å². The molecule has 0 radical (unpaired) electrons. The van der Waals surface area contributed by atoms with Crippen molar-refractivity contribution in [1.29, 1.82) is 0 Å². The molecule has 10 aromatic carbocycles. The highest BCUT2D eigenvalue weighted by molar-refractivity contribution is 6.39. The molecule has 2 nitrogen and oxygen atoms in total. The van der Waals surface area contributed by atoms with Crippen LogP contribution in [0.4, 0.5) is 34.1 Å². The van der Waals surface area contributed by atoms with Crippen molar-refractivity contribution in [3.63, 3.8) is 0 Å². The molecule has 10 rings (SSSR count). The maximum absolute atomic E-state index is 2.46. The van der Waals surface area contributed by atoms with Crippen LogP contribution in [-0.4, -0.2) is 0 Å². The van der Waals surface area contributed by atoms with Crippen molar-refractivity contribution in [1.82, 2.24) is 0 Å². The molecule has 0 aromatic heterocycles. The third-order valence-corrected chi connectivity index (χ3v) is 14.2. The molecule has 0 spiro atoms. The number of anilines is 6. The van der Waals surface area contributed by atoms with Crippen LogP contribution in [0.1, 0.15) is 105 Å². The molecule has 0 aliphatic carbocycles. The van der Waals surface area contributed by atoms with E-state index in [2.05, 4.69) is 275 Å². The Morgan fingerprint density at radius 1 is 0.221 bits per heavy atom. The average molecular weight is 887 g/mol. The maximum atomic E-state index is 2.46. The van der Waals surface area contributed by atoms with Crippen LogP contribution in [0.5, 0.6) is 0 Å². The van der Waals surface area contributed by atoms with Crippen molar-refractivity contribution < 1.29 is 0 Å². The second-order valence-corrected chi connectivity index (χ2v) is 23.2. The highest BCUT2D eigenvalue weighted by Crippen LogP contribution is 2.48. The summed E-state index contributed by atoms with van der Waals surface area (Å²) in [6.45, 7) is 27.6. The molecule has 0 saturated carbocycles. The second-order valence-electron chi connectivity index (χ2n) is 23.2.